The van der Waals surface area contributed by atoms with Gasteiger partial charge in [-0.2, -0.15) is 0 Å². The van der Waals surface area contributed by atoms with Crippen LogP contribution in [0.3, 0.4) is 0 Å². The fourth-order valence-corrected chi connectivity index (χ4v) is 2.07. The van der Waals surface area contributed by atoms with Gasteiger partial charge in [0.1, 0.15) is 11.6 Å². The van der Waals surface area contributed by atoms with Crippen molar-refractivity contribution < 1.29 is 17.5 Å². The molecule has 0 aromatic heterocycles. The molecular formula is C10H12ClFO3S. The highest BCUT2D eigenvalue weighted by atomic mass is 35.7. The van der Waals surface area contributed by atoms with Gasteiger partial charge in [0.25, 0.3) is 0 Å². The summed E-state index contributed by atoms with van der Waals surface area (Å²) in [4.78, 5) is 0. The Bertz CT molecular complexity index is 485. The zero-order valence-corrected chi connectivity index (χ0v) is 10.5. The number of rotatable bonds is 4. The number of methoxy groups -OCH3 is 1. The first-order valence-corrected chi connectivity index (χ1v) is 7.06. The van der Waals surface area contributed by atoms with Crippen LogP contribution in [-0.4, -0.2) is 21.3 Å². The Labute approximate surface area is 98.6 Å². The van der Waals surface area contributed by atoms with Gasteiger partial charge in [0.05, 0.1) is 12.9 Å². The maximum atomic E-state index is 13.6. The fourth-order valence-electron chi connectivity index (χ4n) is 1.39. The first-order chi connectivity index (χ1) is 7.33. The first kappa shape index (κ1) is 13.3. The Morgan fingerprint density at radius 3 is 2.56 bits per heavy atom. The van der Waals surface area contributed by atoms with Gasteiger partial charge in [0.15, 0.2) is 0 Å². The van der Waals surface area contributed by atoms with Gasteiger partial charge in [-0.3, -0.25) is 0 Å². The number of hydrogen-bond donors (Lipinski definition) is 0. The average molecular weight is 267 g/mol. The van der Waals surface area contributed by atoms with Gasteiger partial charge in [0.2, 0.25) is 9.05 Å². The van der Waals surface area contributed by atoms with Gasteiger partial charge < -0.3 is 4.74 Å². The molecule has 0 amide bonds. The Kier molecular flexibility index (Phi) is 4.15. The van der Waals surface area contributed by atoms with Crippen molar-refractivity contribution in [2.45, 2.75) is 13.3 Å². The van der Waals surface area contributed by atoms with Crippen molar-refractivity contribution in [3.8, 4) is 5.75 Å². The van der Waals surface area contributed by atoms with Crippen LogP contribution in [0.25, 0.3) is 0 Å². The molecule has 90 valence electrons. The summed E-state index contributed by atoms with van der Waals surface area (Å²) in [7, 11) is 2.86. The Morgan fingerprint density at radius 1 is 1.44 bits per heavy atom. The van der Waals surface area contributed by atoms with Crippen molar-refractivity contribution in [3.05, 3.63) is 29.1 Å². The molecule has 0 spiro atoms. The molecule has 0 N–H and O–H groups in total. The standard InChI is InChI=1S/C10H12ClFO3S/c1-7-5-9(12)8(10(6-7)15-2)3-4-16(11,13)14/h5-6H,3-4H2,1-2H3. The zero-order valence-electron chi connectivity index (χ0n) is 8.96. The van der Waals surface area contributed by atoms with Crippen LogP contribution in [0.15, 0.2) is 12.1 Å². The van der Waals surface area contributed by atoms with Crippen LogP contribution < -0.4 is 4.74 Å². The highest BCUT2D eigenvalue weighted by molar-refractivity contribution is 8.13. The Balaban J connectivity index is 3.03. The van der Waals surface area contributed by atoms with E-state index in [-0.39, 0.29) is 17.7 Å². The summed E-state index contributed by atoms with van der Waals surface area (Å²) in [5.41, 5.74) is 0.948. The molecule has 16 heavy (non-hydrogen) atoms. The smallest absolute Gasteiger partial charge is 0.232 e. The van der Waals surface area contributed by atoms with Crippen molar-refractivity contribution in [2.24, 2.45) is 0 Å². The van der Waals surface area contributed by atoms with Gasteiger partial charge in [-0.05, 0) is 31.0 Å². The number of aryl methyl sites for hydroxylation is 1. The van der Waals surface area contributed by atoms with E-state index in [1.807, 2.05) is 0 Å². The van der Waals surface area contributed by atoms with Crippen molar-refractivity contribution in [3.63, 3.8) is 0 Å². The SMILES string of the molecule is COc1cc(C)cc(F)c1CCS(=O)(=O)Cl. The second kappa shape index (κ2) is 5.01. The molecule has 0 radical (unpaired) electrons. The lowest BCUT2D eigenvalue weighted by Crippen LogP contribution is -2.05. The molecule has 0 heterocycles. The summed E-state index contributed by atoms with van der Waals surface area (Å²) in [6, 6.07) is 2.98. The molecule has 0 aliphatic carbocycles. The fraction of sp³-hybridized carbons (Fsp3) is 0.400. The summed E-state index contributed by atoms with van der Waals surface area (Å²) in [6.07, 6.45) is 0.00111. The van der Waals surface area contributed by atoms with Crippen LogP contribution in [0.1, 0.15) is 11.1 Å². The molecule has 1 aromatic carbocycles. The van der Waals surface area contributed by atoms with Crippen LogP contribution in [0.4, 0.5) is 4.39 Å². The van der Waals surface area contributed by atoms with E-state index in [1.54, 1.807) is 13.0 Å². The van der Waals surface area contributed by atoms with E-state index in [2.05, 4.69) is 0 Å². The van der Waals surface area contributed by atoms with E-state index < -0.39 is 14.9 Å². The maximum absolute atomic E-state index is 13.6. The lowest BCUT2D eigenvalue weighted by atomic mass is 10.1. The molecule has 1 rings (SSSR count). The molecule has 1 aromatic rings. The topological polar surface area (TPSA) is 43.4 Å². The van der Waals surface area contributed by atoms with E-state index >= 15 is 0 Å². The number of ether oxygens (including phenoxy) is 1. The zero-order chi connectivity index (χ0) is 12.3. The molecular weight excluding hydrogens is 255 g/mol. The average Bonchev–Trinajstić information content (AvgIpc) is 2.13. The lowest BCUT2D eigenvalue weighted by molar-refractivity contribution is 0.404. The Hall–Kier alpha value is -0.810. The highest BCUT2D eigenvalue weighted by Gasteiger charge is 2.14. The third-order valence-electron chi connectivity index (χ3n) is 2.11. The molecule has 3 nitrogen and oxygen atoms in total. The molecule has 0 bridgehead atoms. The first-order valence-electron chi connectivity index (χ1n) is 4.59. The minimum absolute atomic E-state index is 0.00111. The van der Waals surface area contributed by atoms with E-state index in [1.165, 1.54) is 13.2 Å². The van der Waals surface area contributed by atoms with Crippen LogP contribution >= 0.6 is 10.7 Å². The predicted molar refractivity (Wildman–Crippen MR) is 61.0 cm³/mol. The predicted octanol–water partition coefficient (Wildman–Crippen LogP) is 2.25. The monoisotopic (exact) mass is 266 g/mol. The van der Waals surface area contributed by atoms with E-state index in [4.69, 9.17) is 15.4 Å². The van der Waals surface area contributed by atoms with Gasteiger partial charge in [0, 0.05) is 16.2 Å². The van der Waals surface area contributed by atoms with E-state index in [9.17, 15) is 12.8 Å². The van der Waals surface area contributed by atoms with Crippen LogP contribution in [0, 0.1) is 12.7 Å². The van der Waals surface area contributed by atoms with Gasteiger partial charge in [-0.1, -0.05) is 0 Å². The third-order valence-corrected chi connectivity index (χ3v) is 3.27. The van der Waals surface area contributed by atoms with Crippen molar-refractivity contribution >= 4 is 19.7 Å². The van der Waals surface area contributed by atoms with E-state index in [0.29, 0.717) is 11.3 Å². The number of hydrogen-bond acceptors (Lipinski definition) is 3. The molecule has 0 unspecified atom stereocenters. The minimum Gasteiger partial charge on any atom is -0.496 e. The molecule has 6 heteroatoms. The summed E-state index contributed by atoms with van der Waals surface area (Å²) in [6.45, 7) is 1.73. The van der Waals surface area contributed by atoms with Crippen LogP contribution in [0.5, 0.6) is 5.75 Å². The molecule has 0 saturated carbocycles. The van der Waals surface area contributed by atoms with E-state index in [0.717, 1.165) is 0 Å². The summed E-state index contributed by atoms with van der Waals surface area (Å²) >= 11 is 0. The second-order valence-electron chi connectivity index (χ2n) is 3.42. The molecule has 0 aliphatic heterocycles. The summed E-state index contributed by atoms with van der Waals surface area (Å²) in [5.74, 6) is -0.444. The molecule has 0 fully saturated rings. The maximum Gasteiger partial charge on any atom is 0.232 e. The van der Waals surface area contributed by atoms with Crippen molar-refractivity contribution in [2.75, 3.05) is 12.9 Å². The lowest BCUT2D eigenvalue weighted by Gasteiger charge is -2.09. The van der Waals surface area contributed by atoms with Gasteiger partial charge in [-0.15, -0.1) is 0 Å². The number of halogens is 2. The normalized spacial score (nSPS) is 11.5. The van der Waals surface area contributed by atoms with Crippen molar-refractivity contribution in [1.82, 2.24) is 0 Å². The minimum atomic E-state index is -3.62. The molecule has 0 saturated heterocycles. The molecule has 0 atom stereocenters. The largest absolute Gasteiger partial charge is 0.496 e. The Morgan fingerprint density at radius 2 is 2.06 bits per heavy atom. The van der Waals surface area contributed by atoms with Gasteiger partial charge in [-0.25, -0.2) is 12.8 Å². The quantitative estimate of drug-likeness (QED) is 0.785. The third kappa shape index (κ3) is 3.64. The van der Waals surface area contributed by atoms with Gasteiger partial charge >= 0.3 is 0 Å². The summed E-state index contributed by atoms with van der Waals surface area (Å²) < 4.78 is 40.1. The molecule has 0 aliphatic rings. The van der Waals surface area contributed by atoms with Crippen LogP contribution in [-0.2, 0) is 15.5 Å². The summed E-state index contributed by atoms with van der Waals surface area (Å²) in [5, 5.41) is 0. The van der Waals surface area contributed by atoms with Crippen molar-refractivity contribution in [1.29, 1.82) is 0 Å². The highest BCUT2D eigenvalue weighted by Crippen LogP contribution is 2.24. The number of benzene rings is 1. The van der Waals surface area contributed by atoms with Crippen LogP contribution in [0.2, 0.25) is 0 Å². The second-order valence-corrected chi connectivity index (χ2v) is 6.32.